The number of urea groups is 1. The van der Waals surface area contributed by atoms with E-state index in [1.807, 2.05) is 0 Å². The van der Waals surface area contributed by atoms with Gasteiger partial charge in [0, 0.05) is 57.1 Å². The van der Waals surface area contributed by atoms with E-state index in [1.54, 1.807) is 4.90 Å². The van der Waals surface area contributed by atoms with Gasteiger partial charge >= 0.3 is 6.03 Å². The summed E-state index contributed by atoms with van der Waals surface area (Å²) in [5.74, 6) is -1.14. The maximum absolute atomic E-state index is 13.9. The van der Waals surface area contributed by atoms with Crippen LogP contribution in [0.15, 0.2) is 18.2 Å². The Kier molecular flexibility index (Phi) is 6.80. The highest BCUT2D eigenvalue weighted by Crippen LogP contribution is 2.19. The topological polar surface area (TPSA) is 99.8 Å². The lowest BCUT2D eigenvalue weighted by Crippen LogP contribution is -2.36. The van der Waals surface area contributed by atoms with Crippen molar-refractivity contribution in [1.82, 2.24) is 15.5 Å². The van der Waals surface area contributed by atoms with Crippen LogP contribution < -0.4 is 16.0 Å². The number of carbonyl (C=O) groups excluding carboxylic acids is 3. The fourth-order valence-corrected chi connectivity index (χ4v) is 3.37. The molecule has 28 heavy (non-hydrogen) atoms. The summed E-state index contributed by atoms with van der Waals surface area (Å²) in [6.45, 7) is 3.10. The molecule has 4 amide bonds. The van der Waals surface area contributed by atoms with Crippen LogP contribution in [0.2, 0.25) is 0 Å². The average Bonchev–Trinajstić information content (AvgIpc) is 3.07. The molecule has 0 saturated carbocycles. The number of halogens is 1. The average molecular weight is 392 g/mol. The van der Waals surface area contributed by atoms with Gasteiger partial charge in [-0.2, -0.15) is 0 Å². The number of amides is 4. The van der Waals surface area contributed by atoms with Crippen LogP contribution in [0.25, 0.3) is 0 Å². The minimum atomic E-state index is -0.608. The molecule has 0 aromatic heterocycles. The number of benzene rings is 1. The molecule has 2 aliphatic rings. The predicted octanol–water partition coefficient (Wildman–Crippen LogP) is 1.34. The van der Waals surface area contributed by atoms with Gasteiger partial charge in [-0.05, 0) is 37.0 Å². The molecule has 3 N–H and O–H groups in total. The van der Waals surface area contributed by atoms with Gasteiger partial charge in [-0.25, -0.2) is 9.18 Å². The number of nitrogens with one attached hydrogen (secondary N) is 3. The van der Waals surface area contributed by atoms with E-state index in [0.29, 0.717) is 32.7 Å². The first-order valence-corrected chi connectivity index (χ1v) is 9.50. The summed E-state index contributed by atoms with van der Waals surface area (Å²) in [6.07, 6.45) is 2.16. The van der Waals surface area contributed by atoms with Crippen LogP contribution in [-0.4, -0.2) is 62.1 Å². The molecule has 0 bridgehead atoms. The van der Waals surface area contributed by atoms with Crippen LogP contribution in [0.1, 0.15) is 29.6 Å². The molecule has 1 unspecified atom stereocenters. The molecule has 0 aliphatic carbocycles. The molecule has 1 atom stereocenters. The molecule has 1 aromatic carbocycles. The smallest absolute Gasteiger partial charge is 0.317 e. The Morgan fingerprint density at radius 2 is 2.18 bits per heavy atom. The normalized spacial score (nSPS) is 19.2. The first-order chi connectivity index (χ1) is 13.5. The van der Waals surface area contributed by atoms with Gasteiger partial charge in [0.25, 0.3) is 5.91 Å². The van der Waals surface area contributed by atoms with Gasteiger partial charge in [0.05, 0.1) is 0 Å². The molecule has 2 fully saturated rings. The minimum absolute atomic E-state index is 0.113. The predicted molar refractivity (Wildman–Crippen MR) is 100 cm³/mol. The Labute approximate surface area is 162 Å². The Morgan fingerprint density at radius 3 is 2.89 bits per heavy atom. The number of anilines is 1. The summed E-state index contributed by atoms with van der Waals surface area (Å²) in [6, 6.07) is 3.58. The van der Waals surface area contributed by atoms with Crippen molar-refractivity contribution < 1.29 is 23.5 Å². The number of rotatable bonds is 7. The molecule has 0 spiro atoms. The van der Waals surface area contributed by atoms with E-state index < -0.39 is 11.7 Å². The van der Waals surface area contributed by atoms with Crippen LogP contribution in [0.4, 0.5) is 14.9 Å². The molecule has 152 valence electrons. The highest BCUT2D eigenvalue weighted by molar-refractivity contribution is 5.97. The lowest BCUT2D eigenvalue weighted by molar-refractivity contribution is -0.118. The second-order valence-corrected chi connectivity index (χ2v) is 7.04. The Balaban J connectivity index is 1.52. The lowest BCUT2D eigenvalue weighted by atomic mass is 9.98. The van der Waals surface area contributed by atoms with Crippen molar-refractivity contribution in [3.63, 3.8) is 0 Å². The number of carbonyl (C=O) groups is 3. The van der Waals surface area contributed by atoms with Gasteiger partial charge in [0.1, 0.15) is 5.82 Å². The van der Waals surface area contributed by atoms with Crippen LogP contribution in [-0.2, 0) is 9.53 Å². The standard InChI is InChI=1S/C19H25FN4O4/c20-15-9-14(18(26)21-3-5-24-6-4-22-19(24)27)10-16(11-15)23-17(25)8-13-2-1-7-28-12-13/h9-11,13H,1-8,12H2,(H,21,26)(H,22,27)(H,23,25). The van der Waals surface area contributed by atoms with E-state index in [-0.39, 0.29) is 35.7 Å². The summed E-state index contributed by atoms with van der Waals surface area (Å²) in [4.78, 5) is 37.5. The van der Waals surface area contributed by atoms with Crippen LogP contribution >= 0.6 is 0 Å². The van der Waals surface area contributed by atoms with Crippen molar-refractivity contribution in [3.05, 3.63) is 29.6 Å². The van der Waals surface area contributed by atoms with E-state index in [0.717, 1.165) is 25.5 Å². The van der Waals surface area contributed by atoms with Crippen LogP contribution in [0.5, 0.6) is 0 Å². The van der Waals surface area contributed by atoms with E-state index in [2.05, 4.69) is 16.0 Å². The molecule has 0 radical (unpaired) electrons. The molecule has 3 rings (SSSR count). The molecule has 8 nitrogen and oxygen atoms in total. The number of ether oxygens (including phenoxy) is 1. The summed E-state index contributed by atoms with van der Waals surface area (Å²) in [5, 5.41) is 8.00. The monoisotopic (exact) mass is 392 g/mol. The Hall–Kier alpha value is -2.68. The van der Waals surface area contributed by atoms with Crippen LogP contribution in [0, 0.1) is 11.7 Å². The molecule has 1 aromatic rings. The SMILES string of the molecule is O=C(CC1CCCOC1)Nc1cc(F)cc(C(=O)NCCN2CCNC2=O)c1. The lowest BCUT2D eigenvalue weighted by Gasteiger charge is -2.21. The first-order valence-electron chi connectivity index (χ1n) is 9.50. The van der Waals surface area contributed by atoms with E-state index >= 15 is 0 Å². The third-order valence-electron chi connectivity index (χ3n) is 4.78. The summed E-state index contributed by atoms with van der Waals surface area (Å²) < 4.78 is 19.3. The second-order valence-electron chi connectivity index (χ2n) is 7.04. The van der Waals surface area contributed by atoms with Crippen molar-refractivity contribution in [2.24, 2.45) is 5.92 Å². The Morgan fingerprint density at radius 1 is 1.32 bits per heavy atom. The second kappa shape index (κ2) is 9.50. The van der Waals surface area contributed by atoms with Gasteiger partial charge in [0.15, 0.2) is 0 Å². The zero-order chi connectivity index (χ0) is 19.9. The third kappa shape index (κ3) is 5.66. The van der Waals surface area contributed by atoms with Crippen molar-refractivity contribution >= 4 is 23.5 Å². The number of nitrogens with zero attached hydrogens (tertiary/aromatic N) is 1. The first kappa shape index (κ1) is 20.1. The fraction of sp³-hybridized carbons (Fsp3) is 0.526. The number of hydrogen-bond acceptors (Lipinski definition) is 4. The van der Waals surface area contributed by atoms with Crippen molar-refractivity contribution in [1.29, 1.82) is 0 Å². The fourth-order valence-electron chi connectivity index (χ4n) is 3.37. The molecule has 2 heterocycles. The van der Waals surface area contributed by atoms with Gasteiger partial charge in [-0.1, -0.05) is 0 Å². The molecular weight excluding hydrogens is 367 g/mol. The molecule has 2 saturated heterocycles. The third-order valence-corrected chi connectivity index (χ3v) is 4.78. The zero-order valence-electron chi connectivity index (χ0n) is 15.6. The van der Waals surface area contributed by atoms with Gasteiger partial charge in [-0.3, -0.25) is 9.59 Å². The maximum Gasteiger partial charge on any atom is 0.317 e. The minimum Gasteiger partial charge on any atom is -0.381 e. The van der Waals surface area contributed by atoms with Gasteiger partial charge < -0.3 is 25.6 Å². The van der Waals surface area contributed by atoms with E-state index in [4.69, 9.17) is 4.74 Å². The summed E-state index contributed by atoms with van der Waals surface area (Å²) >= 11 is 0. The Bertz CT molecular complexity index is 737. The van der Waals surface area contributed by atoms with E-state index in [9.17, 15) is 18.8 Å². The van der Waals surface area contributed by atoms with Gasteiger partial charge in [0.2, 0.25) is 5.91 Å². The van der Waals surface area contributed by atoms with Crippen molar-refractivity contribution in [3.8, 4) is 0 Å². The summed E-state index contributed by atoms with van der Waals surface area (Å²) in [7, 11) is 0. The van der Waals surface area contributed by atoms with E-state index in [1.165, 1.54) is 12.1 Å². The summed E-state index contributed by atoms with van der Waals surface area (Å²) in [5.41, 5.74) is 0.355. The highest BCUT2D eigenvalue weighted by atomic mass is 19.1. The molecule has 2 aliphatic heterocycles. The van der Waals surface area contributed by atoms with Crippen molar-refractivity contribution in [2.75, 3.05) is 44.7 Å². The van der Waals surface area contributed by atoms with Crippen LogP contribution in [0.3, 0.4) is 0 Å². The van der Waals surface area contributed by atoms with Gasteiger partial charge in [-0.15, -0.1) is 0 Å². The maximum atomic E-state index is 13.9. The molecular formula is C19H25FN4O4. The van der Waals surface area contributed by atoms with Crippen molar-refractivity contribution in [2.45, 2.75) is 19.3 Å². The zero-order valence-corrected chi connectivity index (χ0v) is 15.6. The quantitative estimate of drug-likeness (QED) is 0.652. The highest BCUT2D eigenvalue weighted by Gasteiger charge is 2.20. The largest absolute Gasteiger partial charge is 0.381 e. The molecule has 9 heteroatoms. The number of hydrogen-bond donors (Lipinski definition) is 3.